The molecule has 0 saturated heterocycles. The number of hydrogen-bond acceptors (Lipinski definition) is 3. The maximum Gasteiger partial charge on any atom is 0.307 e. The quantitative estimate of drug-likeness (QED) is 0.569. The highest BCUT2D eigenvalue weighted by Gasteiger charge is 2.26. The summed E-state index contributed by atoms with van der Waals surface area (Å²) in [5.41, 5.74) is 8.18. The lowest BCUT2D eigenvalue weighted by atomic mass is 9.90. The van der Waals surface area contributed by atoms with Gasteiger partial charge >= 0.3 is 5.97 Å². The molecule has 3 rings (SSSR count). The number of benzene rings is 2. The third-order valence-electron chi connectivity index (χ3n) is 4.75. The molecule has 6 heteroatoms. The summed E-state index contributed by atoms with van der Waals surface area (Å²) >= 11 is 0. The summed E-state index contributed by atoms with van der Waals surface area (Å²) in [5.74, 6) is -2.96. The zero-order valence-corrected chi connectivity index (χ0v) is 14.7. The molecule has 27 heavy (non-hydrogen) atoms. The largest absolute Gasteiger partial charge is 0.481 e. The van der Waals surface area contributed by atoms with Crippen LogP contribution in [0.2, 0.25) is 0 Å². The van der Waals surface area contributed by atoms with Crippen molar-refractivity contribution in [3.8, 4) is 0 Å². The lowest BCUT2D eigenvalue weighted by Gasteiger charge is -2.15. The summed E-state index contributed by atoms with van der Waals surface area (Å²) in [7, 11) is 0. The molecule has 3 aromatic rings. The van der Waals surface area contributed by atoms with E-state index in [0.717, 1.165) is 16.5 Å². The smallest absolute Gasteiger partial charge is 0.307 e. The summed E-state index contributed by atoms with van der Waals surface area (Å²) in [6.07, 6.45) is 1.85. The summed E-state index contributed by atoms with van der Waals surface area (Å²) in [6, 6.07) is 12.9. The molecule has 0 saturated carbocycles. The Morgan fingerprint density at radius 3 is 2.48 bits per heavy atom. The highest BCUT2D eigenvalue weighted by molar-refractivity contribution is 5.89. The van der Waals surface area contributed by atoms with E-state index < -0.39 is 23.7 Å². The first-order valence-electron chi connectivity index (χ1n) is 8.75. The molecule has 2 aromatic carbocycles. The predicted octanol–water partition coefficient (Wildman–Crippen LogP) is 3.08. The molecule has 0 bridgehead atoms. The van der Waals surface area contributed by atoms with Crippen LogP contribution in [-0.2, 0) is 22.4 Å². The highest BCUT2D eigenvalue weighted by atomic mass is 19.1. The number of Topliss-reactive ketones (excluding diaryl/α,β-unsaturated/α-hetero) is 1. The fourth-order valence-electron chi connectivity index (χ4n) is 3.22. The van der Waals surface area contributed by atoms with Gasteiger partial charge in [-0.25, -0.2) is 4.39 Å². The highest BCUT2D eigenvalue weighted by Crippen LogP contribution is 2.21. The van der Waals surface area contributed by atoms with E-state index in [1.54, 1.807) is 6.07 Å². The fraction of sp³-hybridized carbons (Fsp3) is 0.238. The second kappa shape index (κ2) is 8.14. The van der Waals surface area contributed by atoms with Gasteiger partial charge in [0.2, 0.25) is 0 Å². The van der Waals surface area contributed by atoms with E-state index in [0.29, 0.717) is 6.42 Å². The number of nitrogens with one attached hydrogen (secondary N) is 1. The van der Waals surface area contributed by atoms with Crippen LogP contribution in [0.3, 0.4) is 0 Å². The topological polar surface area (TPSA) is 96.2 Å². The lowest BCUT2D eigenvalue weighted by Crippen LogP contribution is -2.35. The standard InChI is InChI=1S/C21H21FN2O3/c22-17-7-3-1-5-13(17)9-14(21(26)27)11-20(25)18(23)10-15-12-24-19-8-4-2-6-16(15)19/h1-8,12,14,18,24H,9-11,23H2,(H,26,27)/t14?,18-/m0/s1. The van der Waals surface area contributed by atoms with E-state index in [-0.39, 0.29) is 24.2 Å². The number of rotatable bonds is 8. The molecule has 0 aliphatic rings. The average molecular weight is 368 g/mol. The minimum Gasteiger partial charge on any atom is -0.481 e. The third-order valence-corrected chi connectivity index (χ3v) is 4.75. The number of ketones is 1. The Labute approximate surface area is 156 Å². The number of carbonyl (C=O) groups excluding carboxylic acids is 1. The number of fused-ring (bicyclic) bond motifs is 1. The van der Waals surface area contributed by atoms with Crippen LogP contribution in [0.25, 0.3) is 10.9 Å². The number of nitrogens with two attached hydrogens (primary N) is 1. The van der Waals surface area contributed by atoms with E-state index in [4.69, 9.17) is 5.73 Å². The second-order valence-electron chi connectivity index (χ2n) is 6.67. The Kier molecular flexibility index (Phi) is 5.66. The molecule has 0 amide bonds. The van der Waals surface area contributed by atoms with E-state index in [2.05, 4.69) is 4.98 Å². The number of halogens is 1. The van der Waals surface area contributed by atoms with Crippen LogP contribution in [0.1, 0.15) is 17.5 Å². The molecule has 0 radical (unpaired) electrons. The van der Waals surface area contributed by atoms with Crippen molar-refractivity contribution in [2.24, 2.45) is 11.7 Å². The van der Waals surface area contributed by atoms with Gasteiger partial charge in [0.25, 0.3) is 0 Å². The van der Waals surface area contributed by atoms with Gasteiger partial charge in [-0.3, -0.25) is 9.59 Å². The molecule has 5 nitrogen and oxygen atoms in total. The van der Waals surface area contributed by atoms with E-state index in [1.807, 2.05) is 30.5 Å². The first-order valence-corrected chi connectivity index (χ1v) is 8.75. The number of aromatic nitrogens is 1. The van der Waals surface area contributed by atoms with Gasteiger partial charge < -0.3 is 15.8 Å². The Balaban J connectivity index is 1.68. The summed E-state index contributed by atoms with van der Waals surface area (Å²) < 4.78 is 13.8. The Hall–Kier alpha value is -2.99. The number of carboxylic acids is 1. The maximum atomic E-state index is 13.8. The SMILES string of the molecule is N[C@@H](Cc1c[nH]c2ccccc12)C(=O)CC(Cc1ccccc1F)C(=O)O. The number of hydrogen-bond donors (Lipinski definition) is 3. The van der Waals surface area contributed by atoms with Crippen molar-refractivity contribution >= 4 is 22.7 Å². The van der Waals surface area contributed by atoms with E-state index in [9.17, 15) is 19.1 Å². The second-order valence-corrected chi connectivity index (χ2v) is 6.67. The molecule has 4 N–H and O–H groups in total. The third kappa shape index (κ3) is 4.41. The zero-order valence-electron chi connectivity index (χ0n) is 14.7. The fourth-order valence-corrected chi connectivity index (χ4v) is 3.22. The molecule has 1 aromatic heterocycles. The minimum absolute atomic E-state index is 0.0481. The molecule has 2 atom stereocenters. The van der Waals surface area contributed by atoms with Gasteiger partial charge in [0.1, 0.15) is 5.82 Å². The van der Waals surface area contributed by atoms with E-state index >= 15 is 0 Å². The van der Waals surface area contributed by atoms with Crippen molar-refractivity contribution < 1.29 is 19.1 Å². The van der Waals surface area contributed by atoms with Crippen molar-refractivity contribution in [1.29, 1.82) is 0 Å². The first kappa shape index (κ1) is 18.8. The van der Waals surface area contributed by atoms with Crippen molar-refractivity contribution in [3.63, 3.8) is 0 Å². The Morgan fingerprint density at radius 2 is 1.74 bits per heavy atom. The van der Waals surface area contributed by atoms with Gasteiger partial charge in [0, 0.05) is 23.5 Å². The van der Waals surface area contributed by atoms with Crippen LogP contribution in [0.4, 0.5) is 4.39 Å². The van der Waals surface area contributed by atoms with Gasteiger partial charge in [0.05, 0.1) is 12.0 Å². The number of carboxylic acid groups (broad SMARTS) is 1. The lowest BCUT2D eigenvalue weighted by molar-refractivity contribution is -0.143. The van der Waals surface area contributed by atoms with Crippen molar-refractivity contribution in [2.75, 3.05) is 0 Å². The number of para-hydroxylation sites is 1. The number of aliphatic carboxylic acids is 1. The monoisotopic (exact) mass is 368 g/mol. The number of H-pyrrole nitrogens is 1. The number of carbonyl (C=O) groups is 2. The molecule has 0 aliphatic carbocycles. The average Bonchev–Trinajstić information content (AvgIpc) is 3.05. The van der Waals surface area contributed by atoms with Crippen LogP contribution < -0.4 is 5.73 Å². The van der Waals surface area contributed by atoms with Crippen molar-refractivity contribution in [1.82, 2.24) is 4.98 Å². The van der Waals surface area contributed by atoms with Gasteiger partial charge in [-0.2, -0.15) is 0 Å². The van der Waals surface area contributed by atoms with Gasteiger partial charge in [-0.15, -0.1) is 0 Å². The van der Waals surface area contributed by atoms with Gasteiger partial charge in [0.15, 0.2) is 5.78 Å². The minimum atomic E-state index is -1.13. The molecule has 1 heterocycles. The molecule has 1 unspecified atom stereocenters. The number of aromatic amines is 1. The van der Waals surface area contributed by atoms with Crippen LogP contribution in [0.15, 0.2) is 54.7 Å². The van der Waals surface area contributed by atoms with Crippen LogP contribution in [0.5, 0.6) is 0 Å². The Bertz CT molecular complexity index is 967. The van der Waals surface area contributed by atoms with Gasteiger partial charge in [-0.1, -0.05) is 36.4 Å². The first-order chi connectivity index (χ1) is 13.0. The molecular weight excluding hydrogens is 347 g/mol. The summed E-state index contributed by atoms with van der Waals surface area (Å²) in [4.78, 5) is 27.2. The summed E-state index contributed by atoms with van der Waals surface area (Å²) in [6.45, 7) is 0. The molecule has 0 fully saturated rings. The van der Waals surface area contributed by atoms with Crippen LogP contribution in [0, 0.1) is 11.7 Å². The van der Waals surface area contributed by atoms with E-state index in [1.165, 1.54) is 18.2 Å². The summed E-state index contributed by atoms with van der Waals surface area (Å²) in [5, 5.41) is 10.4. The normalized spacial score (nSPS) is 13.4. The molecule has 0 aliphatic heterocycles. The van der Waals surface area contributed by atoms with Crippen LogP contribution >= 0.6 is 0 Å². The predicted molar refractivity (Wildman–Crippen MR) is 101 cm³/mol. The van der Waals surface area contributed by atoms with Gasteiger partial charge in [-0.05, 0) is 36.1 Å². The maximum absolute atomic E-state index is 13.8. The molecular formula is C21H21FN2O3. The van der Waals surface area contributed by atoms with Crippen LogP contribution in [-0.4, -0.2) is 27.9 Å². The van der Waals surface area contributed by atoms with Crippen molar-refractivity contribution in [2.45, 2.75) is 25.3 Å². The zero-order chi connectivity index (χ0) is 19.4. The Morgan fingerprint density at radius 1 is 1.04 bits per heavy atom. The molecule has 0 spiro atoms. The molecule has 140 valence electrons. The van der Waals surface area contributed by atoms with Crippen molar-refractivity contribution in [3.05, 3.63) is 71.7 Å².